The Labute approximate surface area is 113 Å². The van der Waals surface area contributed by atoms with E-state index in [0.717, 1.165) is 5.75 Å². The van der Waals surface area contributed by atoms with Crippen LogP contribution in [0, 0.1) is 11.8 Å². The van der Waals surface area contributed by atoms with E-state index in [0.29, 0.717) is 5.69 Å². The van der Waals surface area contributed by atoms with Gasteiger partial charge in [-0.25, -0.2) is 0 Å². The lowest BCUT2D eigenvalue weighted by molar-refractivity contribution is -0.118. The summed E-state index contributed by atoms with van der Waals surface area (Å²) in [5.74, 6) is 0.174. The first-order chi connectivity index (χ1) is 8.45. The van der Waals surface area contributed by atoms with Crippen molar-refractivity contribution in [2.45, 2.75) is 13.8 Å². The average Bonchev–Trinajstić information content (AvgIpc) is 2.28. The molecule has 1 rings (SSSR count). The molecule has 0 aliphatic carbocycles. The van der Waals surface area contributed by atoms with Crippen molar-refractivity contribution >= 4 is 28.8 Å². The Bertz CT molecular complexity index is 429. The quantitative estimate of drug-likeness (QED) is 0.802. The first-order valence-corrected chi connectivity index (χ1v) is 6.10. The molecule has 1 unspecified atom stereocenters. The van der Waals surface area contributed by atoms with E-state index in [9.17, 15) is 4.79 Å². The first kappa shape index (κ1) is 14.4. The largest absolute Gasteiger partial charge is 0.497 e. The van der Waals surface area contributed by atoms with Crippen molar-refractivity contribution in [3.63, 3.8) is 0 Å². The average molecular weight is 266 g/mol. The molecular formula is C13H18N2O2S. The minimum atomic E-state index is -0.456. The zero-order valence-electron chi connectivity index (χ0n) is 10.8. The number of rotatable bonds is 5. The van der Waals surface area contributed by atoms with Gasteiger partial charge in [0.2, 0.25) is 5.91 Å². The van der Waals surface area contributed by atoms with Gasteiger partial charge in [-0.05, 0) is 30.2 Å². The topological polar surface area (TPSA) is 64.3 Å². The number of anilines is 1. The second-order valence-corrected chi connectivity index (χ2v) is 4.81. The number of methoxy groups -OCH3 is 1. The molecule has 3 N–H and O–H groups in total. The number of carbonyl (C=O) groups excluding carboxylic acids is 1. The van der Waals surface area contributed by atoms with E-state index in [2.05, 4.69) is 5.32 Å². The van der Waals surface area contributed by atoms with Gasteiger partial charge in [-0.3, -0.25) is 4.79 Å². The zero-order valence-corrected chi connectivity index (χ0v) is 11.6. The van der Waals surface area contributed by atoms with E-state index >= 15 is 0 Å². The third kappa shape index (κ3) is 3.70. The van der Waals surface area contributed by atoms with Crippen molar-refractivity contribution in [2.24, 2.45) is 17.6 Å². The van der Waals surface area contributed by atoms with E-state index in [1.165, 1.54) is 0 Å². The molecule has 98 valence electrons. The van der Waals surface area contributed by atoms with Crippen LogP contribution in [0.3, 0.4) is 0 Å². The molecule has 1 aromatic rings. The third-order valence-corrected chi connectivity index (χ3v) is 2.87. The molecular weight excluding hydrogens is 248 g/mol. The zero-order chi connectivity index (χ0) is 13.7. The lowest BCUT2D eigenvalue weighted by Gasteiger charge is -2.18. The van der Waals surface area contributed by atoms with Crippen molar-refractivity contribution in [1.82, 2.24) is 0 Å². The van der Waals surface area contributed by atoms with E-state index < -0.39 is 5.92 Å². The maximum absolute atomic E-state index is 12.0. The summed E-state index contributed by atoms with van der Waals surface area (Å²) in [6, 6.07) is 7.10. The predicted molar refractivity (Wildman–Crippen MR) is 76.7 cm³/mol. The van der Waals surface area contributed by atoms with E-state index in [4.69, 9.17) is 22.7 Å². The summed E-state index contributed by atoms with van der Waals surface area (Å²) in [6.07, 6.45) is 0. The highest BCUT2D eigenvalue weighted by Gasteiger charge is 2.24. The Kier molecular flexibility index (Phi) is 5.09. The number of nitrogens with one attached hydrogen (secondary N) is 1. The second kappa shape index (κ2) is 6.35. The molecule has 0 aliphatic heterocycles. The van der Waals surface area contributed by atoms with Gasteiger partial charge >= 0.3 is 0 Å². The molecule has 1 amide bonds. The van der Waals surface area contributed by atoms with Crippen molar-refractivity contribution in [3.05, 3.63) is 24.3 Å². The minimum Gasteiger partial charge on any atom is -0.497 e. The van der Waals surface area contributed by atoms with E-state index in [1.807, 2.05) is 13.8 Å². The number of amides is 1. The molecule has 4 nitrogen and oxygen atoms in total. The van der Waals surface area contributed by atoms with Crippen LogP contribution in [0.2, 0.25) is 0 Å². The molecule has 1 atom stereocenters. The van der Waals surface area contributed by atoms with Gasteiger partial charge in [0.25, 0.3) is 0 Å². The van der Waals surface area contributed by atoms with Gasteiger partial charge in [-0.15, -0.1) is 0 Å². The molecule has 0 spiro atoms. The highest BCUT2D eigenvalue weighted by Crippen LogP contribution is 2.18. The van der Waals surface area contributed by atoms with Crippen LogP contribution in [0.15, 0.2) is 24.3 Å². The van der Waals surface area contributed by atoms with Gasteiger partial charge in [0, 0.05) is 5.69 Å². The molecule has 5 heteroatoms. The fourth-order valence-electron chi connectivity index (χ4n) is 1.65. The van der Waals surface area contributed by atoms with E-state index in [-0.39, 0.29) is 16.8 Å². The number of ether oxygens (including phenoxy) is 1. The number of hydrogen-bond acceptors (Lipinski definition) is 3. The van der Waals surface area contributed by atoms with Crippen LogP contribution >= 0.6 is 12.2 Å². The van der Waals surface area contributed by atoms with Crippen LogP contribution in [-0.4, -0.2) is 18.0 Å². The highest BCUT2D eigenvalue weighted by molar-refractivity contribution is 7.80. The van der Waals surface area contributed by atoms with Crippen LogP contribution in [0.4, 0.5) is 5.69 Å². The SMILES string of the molecule is COc1ccc(NC(=O)C(C(N)=S)C(C)C)cc1. The first-order valence-electron chi connectivity index (χ1n) is 5.70. The van der Waals surface area contributed by atoms with Gasteiger partial charge in [-0.2, -0.15) is 0 Å². The van der Waals surface area contributed by atoms with Crippen LogP contribution in [0.1, 0.15) is 13.8 Å². The molecule has 0 radical (unpaired) electrons. The molecule has 0 saturated heterocycles. The summed E-state index contributed by atoms with van der Waals surface area (Å²) in [5.41, 5.74) is 6.29. The molecule has 18 heavy (non-hydrogen) atoms. The van der Waals surface area contributed by atoms with Gasteiger partial charge in [0.1, 0.15) is 5.75 Å². The Hall–Kier alpha value is -1.62. The molecule has 0 bridgehead atoms. The Morgan fingerprint density at radius 2 is 1.89 bits per heavy atom. The van der Waals surface area contributed by atoms with Crippen LogP contribution in [0.5, 0.6) is 5.75 Å². The van der Waals surface area contributed by atoms with Crippen molar-refractivity contribution in [1.29, 1.82) is 0 Å². The molecule has 0 aliphatic rings. The van der Waals surface area contributed by atoms with Crippen molar-refractivity contribution in [3.8, 4) is 5.75 Å². The standard InChI is InChI=1S/C13H18N2O2S/c1-8(2)11(12(14)18)13(16)15-9-4-6-10(17-3)7-5-9/h4-8,11H,1-3H3,(H2,14,18)(H,15,16). The lowest BCUT2D eigenvalue weighted by atomic mass is 9.95. The normalized spacial score (nSPS) is 12.0. The highest BCUT2D eigenvalue weighted by atomic mass is 32.1. The molecule has 0 saturated carbocycles. The summed E-state index contributed by atoms with van der Waals surface area (Å²) < 4.78 is 5.04. The van der Waals surface area contributed by atoms with Gasteiger partial charge in [0.05, 0.1) is 18.0 Å². The van der Waals surface area contributed by atoms with E-state index in [1.54, 1.807) is 31.4 Å². The molecule has 0 fully saturated rings. The van der Waals surface area contributed by atoms with Gasteiger partial charge < -0.3 is 15.8 Å². The summed E-state index contributed by atoms with van der Waals surface area (Å²) >= 11 is 4.92. The maximum atomic E-state index is 12.0. The Morgan fingerprint density at radius 3 is 2.28 bits per heavy atom. The Morgan fingerprint density at radius 1 is 1.33 bits per heavy atom. The summed E-state index contributed by atoms with van der Waals surface area (Å²) in [6.45, 7) is 3.83. The molecule has 0 heterocycles. The van der Waals surface area contributed by atoms with Crippen molar-refractivity contribution in [2.75, 3.05) is 12.4 Å². The van der Waals surface area contributed by atoms with Crippen LogP contribution < -0.4 is 15.8 Å². The summed E-state index contributed by atoms with van der Waals surface area (Å²) in [5, 5.41) is 2.79. The summed E-state index contributed by atoms with van der Waals surface area (Å²) in [7, 11) is 1.59. The number of nitrogens with two attached hydrogens (primary N) is 1. The third-order valence-electron chi connectivity index (χ3n) is 2.61. The lowest BCUT2D eigenvalue weighted by Crippen LogP contribution is -2.36. The second-order valence-electron chi connectivity index (χ2n) is 4.34. The van der Waals surface area contributed by atoms with Gasteiger partial charge in [0.15, 0.2) is 0 Å². The molecule has 0 aromatic heterocycles. The van der Waals surface area contributed by atoms with Gasteiger partial charge in [-0.1, -0.05) is 26.1 Å². The maximum Gasteiger partial charge on any atom is 0.234 e. The number of hydrogen-bond donors (Lipinski definition) is 2. The summed E-state index contributed by atoms with van der Waals surface area (Å²) in [4.78, 5) is 12.3. The van der Waals surface area contributed by atoms with Crippen molar-refractivity contribution < 1.29 is 9.53 Å². The fourth-order valence-corrected chi connectivity index (χ4v) is 2.03. The smallest absolute Gasteiger partial charge is 0.234 e. The van der Waals surface area contributed by atoms with Crippen LogP contribution in [0.25, 0.3) is 0 Å². The fraction of sp³-hybridized carbons (Fsp3) is 0.385. The Balaban J connectivity index is 2.76. The number of benzene rings is 1. The predicted octanol–water partition coefficient (Wildman–Crippen LogP) is 2.19. The monoisotopic (exact) mass is 266 g/mol. The number of thiocarbonyl (C=S) groups is 1. The number of carbonyl (C=O) groups is 1. The molecule has 1 aromatic carbocycles. The van der Waals surface area contributed by atoms with Crippen LogP contribution in [-0.2, 0) is 4.79 Å². The minimum absolute atomic E-state index is 0.0701.